The summed E-state index contributed by atoms with van der Waals surface area (Å²) in [6.07, 6.45) is 0.959. The van der Waals surface area contributed by atoms with Crippen molar-refractivity contribution in [3.63, 3.8) is 0 Å². The minimum atomic E-state index is -0.944. The molecule has 6 heteroatoms. The second-order valence-electron chi connectivity index (χ2n) is 7.23. The molecule has 0 radical (unpaired) electrons. The highest BCUT2D eigenvalue weighted by Crippen LogP contribution is 2.52. The van der Waals surface area contributed by atoms with Crippen LogP contribution < -0.4 is 10.5 Å². The van der Waals surface area contributed by atoms with E-state index in [0.29, 0.717) is 12.8 Å². The minimum absolute atomic E-state index is 0.0636. The molecular formula is C20H21NO5. The third-order valence-electron chi connectivity index (χ3n) is 5.57. The number of para-hydroxylation sites is 2. The fraction of sp³-hybridized carbons (Fsp3) is 0.350. The Hall–Kier alpha value is -2.41. The van der Waals surface area contributed by atoms with Crippen LogP contribution in [0.5, 0.6) is 11.5 Å². The average Bonchev–Trinajstić information content (AvgIpc) is 3.44. The van der Waals surface area contributed by atoms with Gasteiger partial charge < -0.3 is 15.6 Å². The van der Waals surface area contributed by atoms with E-state index in [2.05, 4.69) is 4.89 Å². The molecule has 0 amide bonds. The number of nitrogens with two attached hydrogens (primary N) is 1. The summed E-state index contributed by atoms with van der Waals surface area (Å²) in [6.45, 7) is -0.108. The van der Waals surface area contributed by atoms with Crippen LogP contribution in [0, 0.1) is 11.8 Å². The molecule has 1 aliphatic heterocycles. The molecule has 0 spiro atoms. The summed E-state index contributed by atoms with van der Waals surface area (Å²) in [4.78, 5) is 15.7. The lowest BCUT2D eigenvalue weighted by Gasteiger charge is -2.36. The van der Waals surface area contributed by atoms with Crippen molar-refractivity contribution >= 4 is 5.97 Å². The van der Waals surface area contributed by atoms with E-state index in [9.17, 15) is 9.90 Å². The number of hydrogen-bond acceptors (Lipinski definition) is 5. The molecule has 26 heavy (non-hydrogen) atoms. The van der Waals surface area contributed by atoms with Gasteiger partial charge in [0.25, 0.3) is 0 Å². The molecule has 2 aliphatic rings. The Labute approximate surface area is 151 Å². The van der Waals surface area contributed by atoms with Gasteiger partial charge >= 0.3 is 5.97 Å². The summed E-state index contributed by atoms with van der Waals surface area (Å²) in [5.74, 6) is -0.0835. The van der Waals surface area contributed by atoms with Gasteiger partial charge in [-0.25, -0.2) is 4.89 Å². The molecular weight excluding hydrogens is 334 g/mol. The molecule has 1 fully saturated rings. The highest BCUT2D eigenvalue weighted by molar-refractivity contribution is 5.74. The molecule has 2 aromatic rings. The van der Waals surface area contributed by atoms with Crippen LogP contribution >= 0.6 is 0 Å². The van der Waals surface area contributed by atoms with Gasteiger partial charge in [0.1, 0.15) is 18.1 Å². The Kier molecular flexibility index (Phi) is 4.19. The van der Waals surface area contributed by atoms with Crippen molar-refractivity contribution in [1.82, 2.24) is 0 Å². The van der Waals surface area contributed by atoms with Crippen LogP contribution in [0.1, 0.15) is 29.9 Å². The van der Waals surface area contributed by atoms with Crippen molar-refractivity contribution in [2.24, 2.45) is 17.6 Å². The summed E-state index contributed by atoms with van der Waals surface area (Å²) in [5, 5.41) is 18.4. The number of carbonyl (C=O) groups is 1. The number of hydrogen-bond donors (Lipinski definition) is 3. The van der Waals surface area contributed by atoms with E-state index < -0.39 is 17.4 Å². The lowest BCUT2D eigenvalue weighted by Crippen LogP contribution is -2.49. The number of benzene rings is 2. The van der Waals surface area contributed by atoms with Crippen LogP contribution in [0.15, 0.2) is 48.5 Å². The Morgan fingerprint density at radius 3 is 2.23 bits per heavy atom. The second-order valence-corrected chi connectivity index (χ2v) is 7.23. The van der Waals surface area contributed by atoms with Gasteiger partial charge in [-0.2, -0.15) is 0 Å². The third kappa shape index (κ3) is 2.86. The van der Waals surface area contributed by atoms with Gasteiger partial charge in [0.05, 0.1) is 5.92 Å². The molecule has 0 aromatic heterocycles. The van der Waals surface area contributed by atoms with E-state index in [0.717, 1.165) is 22.6 Å². The van der Waals surface area contributed by atoms with Crippen molar-refractivity contribution in [2.75, 3.05) is 6.61 Å². The molecule has 1 aliphatic carbocycles. The molecule has 1 saturated carbocycles. The number of ether oxygens (including phenoxy) is 1. The monoisotopic (exact) mass is 355 g/mol. The van der Waals surface area contributed by atoms with E-state index in [1.807, 2.05) is 48.5 Å². The SMILES string of the molecule is N[C@@](COO)(CC1c2ccccc2Oc2ccccc21)[C@H]1C[C@@H]1C(=O)O. The van der Waals surface area contributed by atoms with Gasteiger partial charge in [0.15, 0.2) is 0 Å². The summed E-state index contributed by atoms with van der Waals surface area (Å²) >= 11 is 0. The Balaban J connectivity index is 1.71. The van der Waals surface area contributed by atoms with Gasteiger partial charge in [-0.05, 0) is 30.9 Å². The summed E-state index contributed by atoms with van der Waals surface area (Å²) < 4.78 is 6.00. The predicted octanol–water partition coefficient (Wildman–Crippen LogP) is 3.22. The average molecular weight is 355 g/mol. The van der Waals surface area contributed by atoms with E-state index in [4.69, 9.17) is 15.7 Å². The second kappa shape index (κ2) is 6.39. The lowest BCUT2D eigenvalue weighted by molar-refractivity contribution is -0.255. The Bertz CT molecular complexity index is 793. The quantitative estimate of drug-likeness (QED) is 0.543. The normalized spacial score (nSPS) is 23.3. The van der Waals surface area contributed by atoms with Crippen molar-refractivity contribution in [3.05, 3.63) is 59.7 Å². The molecule has 6 nitrogen and oxygen atoms in total. The van der Waals surface area contributed by atoms with Gasteiger partial charge in [-0.1, -0.05) is 36.4 Å². The summed E-state index contributed by atoms with van der Waals surface area (Å²) in [5.41, 5.74) is 7.67. The fourth-order valence-electron chi connectivity index (χ4n) is 4.15. The first-order chi connectivity index (χ1) is 12.5. The maximum Gasteiger partial charge on any atom is 0.306 e. The van der Waals surface area contributed by atoms with Crippen LogP contribution in [0.3, 0.4) is 0 Å². The van der Waals surface area contributed by atoms with Crippen molar-refractivity contribution in [3.8, 4) is 11.5 Å². The summed E-state index contributed by atoms with van der Waals surface area (Å²) in [7, 11) is 0. The van der Waals surface area contributed by atoms with Crippen LogP contribution in [-0.2, 0) is 9.68 Å². The molecule has 4 N–H and O–H groups in total. The van der Waals surface area contributed by atoms with Crippen molar-refractivity contribution in [1.29, 1.82) is 0 Å². The van der Waals surface area contributed by atoms with Crippen LogP contribution in [0.2, 0.25) is 0 Å². The third-order valence-corrected chi connectivity index (χ3v) is 5.57. The first-order valence-electron chi connectivity index (χ1n) is 8.67. The Morgan fingerprint density at radius 2 is 1.73 bits per heavy atom. The maximum absolute atomic E-state index is 11.3. The van der Waals surface area contributed by atoms with E-state index in [1.165, 1.54) is 0 Å². The van der Waals surface area contributed by atoms with E-state index in [-0.39, 0.29) is 18.4 Å². The predicted molar refractivity (Wildman–Crippen MR) is 94.2 cm³/mol. The van der Waals surface area contributed by atoms with Crippen LogP contribution in [-0.4, -0.2) is 28.5 Å². The highest BCUT2D eigenvalue weighted by atomic mass is 17.1. The highest BCUT2D eigenvalue weighted by Gasteiger charge is 2.55. The molecule has 4 rings (SSSR count). The topological polar surface area (TPSA) is 102 Å². The van der Waals surface area contributed by atoms with Crippen molar-refractivity contribution < 1.29 is 24.8 Å². The molecule has 136 valence electrons. The van der Waals surface area contributed by atoms with Crippen molar-refractivity contribution in [2.45, 2.75) is 24.3 Å². The molecule has 0 saturated heterocycles. The first-order valence-corrected chi connectivity index (χ1v) is 8.67. The Morgan fingerprint density at radius 1 is 1.15 bits per heavy atom. The van der Waals surface area contributed by atoms with E-state index in [1.54, 1.807) is 0 Å². The zero-order valence-electron chi connectivity index (χ0n) is 14.2. The van der Waals surface area contributed by atoms with E-state index >= 15 is 0 Å². The largest absolute Gasteiger partial charge is 0.481 e. The first kappa shape index (κ1) is 17.0. The molecule has 1 heterocycles. The van der Waals surface area contributed by atoms with Gasteiger partial charge in [-0.15, -0.1) is 0 Å². The lowest BCUT2D eigenvalue weighted by atomic mass is 9.76. The summed E-state index contributed by atoms with van der Waals surface area (Å²) in [6, 6.07) is 15.5. The standard InChI is InChI=1S/C20H21NO5/c21-20(11-25-24,16-9-14(16)19(22)23)10-15-12-5-1-3-7-17(12)26-18-8-4-2-6-13(15)18/h1-8,14-16,24H,9-11,21H2,(H,22,23)/t14-,16-,20+/m0/s1. The smallest absolute Gasteiger partial charge is 0.306 e. The number of rotatable bonds is 6. The van der Waals surface area contributed by atoms with Gasteiger partial charge in [0, 0.05) is 22.6 Å². The number of carboxylic acid groups (broad SMARTS) is 1. The minimum Gasteiger partial charge on any atom is -0.481 e. The molecule has 2 aromatic carbocycles. The number of carboxylic acids is 1. The van der Waals surface area contributed by atoms with Gasteiger partial charge in [0.2, 0.25) is 0 Å². The number of aliphatic carboxylic acids is 1. The maximum atomic E-state index is 11.3. The van der Waals surface area contributed by atoms with Crippen LogP contribution in [0.4, 0.5) is 0 Å². The van der Waals surface area contributed by atoms with Gasteiger partial charge in [-0.3, -0.25) is 10.1 Å². The number of fused-ring (bicyclic) bond motifs is 2. The zero-order valence-corrected chi connectivity index (χ0v) is 14.2. The molecule has 3 atom stereocenters. The fourth-order valence-corrected chi connectivity index (χ4v) is 4.15. The van der Waals surface area contributed by atoms with Crippen LogP contribution in [0.25, 0.3) is 0 Å². The molecule has 0 bridgehead atoms. The molecule has 0 unspecified atom stereocenters. The zero-order chi connectivity index (χ0) is 18.3.